The van der Waals surface area contributed by atoms with Gasteiger partial charge < -0.3 is 10.1 Å². The van der Waals surface area contributed by atoms with Crippen LogP contribution in [0.15, 0.2) is 53.6 Å². The first-order chi connectivity index (χ1) is 12.2. The molecule has 5 heteroatoms. The van der Waals surface area contributed by atoms with Gasteiger partial charge in [-0.1, -0.05) is 35.9 Å². The Bertz CT molecular complexity index is 712. The highest BCUT2D eigenvalue weighted by molar-refractivity contribution is 5.86. The zero-order valence-electron chi connectivity index (χ0n) is 14.3. The van der Waals surface area contributed by atoms with Crippen molar-refractivity contribution in [3.63, 3.8) is 0 Å². The molecular weight excluding hydrogens is 319 g/mol. The first-order valence-electron chi connectivity index (χ1n) is 8.57. The minimum Gasteiger partial charge on any atom is -0.453 e. The maximum atomic E-state index is 13.9. The van der Waals surface area contributed by atoms with Crippen molar-refractivity contribution in [3.05, 3.63) is 59.2 Å². The summed E-state index contributed by atoms with van der Waals surface area (Å²) in [5.41, 5.74) is 5.28. The van der Waals surface area contributed by atoms with E-state index in [1.54, 1.807) is 12.2 Å². The van der Waals surface area contributed by atoms with Crippen LogP contribution in [0.4, 0.5) is 14.9 Å². The number of carbonyl (C=O) groups excluding carboxylic acids is 1. The molecule has 2 aliphatic rings. The van der Waals surface area contributed by atoms with Gasteiger partial charge in [0.25, 0.3) is 0 Å². The number of amides is 1. The van der Waals surface area contributed by atoms with Crippen LogP contribution in [-0.4, -0.2) is 32.5 Å². The molecule has 4 nitrogen and oxygen atoms in total. The Balaban J connectivity index is 1.93. The van der Waals surface area contributed by atoms with Crippen LogP contribution >= 0.6 is 0 Å². The van der Waals surface area contributed by atoms with Crippen LogP contribution in [0.2, 0.25) is 0 Å². The number of alkyl halides is 1. The highest BCUT2D eigenvalue weighted by Gasteiger charge is 2.20. The molecule has 1 aliphatic heterocycles. The number of anilines is 1. The van der Waals surface area contributed by atoms with Gasteiger partial charge in [0.2, 0.25) is 0 Å². The molecule has 1 amide bonds. The van der Waals surface area contributed by atoms with Gasteiger partial charge in [-0.3, -0.25) is 5.32 Å². The number of carbonyl (C=O) groups is 1. The summed E-state index contributed by atoms with van der Waals surface area (Å²) < 4.78 is 18.5. The van der Waals surface area contributed by atoms with Crippen LogP contribution in [0.3, 0.4) is 0 Å². The van der Waals surface area contributed by atoms with Crippen molar-refractivity contribution >= 4 is 17.4 Å². The molecule has 0 aromatic heterocycles. The van der Waals surface area contributed by atoms with Gasteiger partial charge in [-0.15, -0.1) is 0 Å². The van der Waals surface area contributed by atoms with Crippen molar-refractivity contribution in [1.29, 1.82) is 0 Å². The zero-order valence-corrected chi connectivity index (χ0v) is 14.3. The third kappa shape index (κ3) is 4.37. The maximum absolute atomic E-state index is 13.9. The molecule has 1 aliphatic carbocycles. The largest absolute Gasteiger partial charge is 0.453 e. The van der Waals surface area contributed by atoms with Gasteiger partial charge in [0.15, 0.2) is 0 Å². The van der Waals surface area contributed by atoms with Gasteiger partial charge >= 0.3 is 6.09 Å². The molecular formula is C20H23FN2O2. The fourth-order valence-electron chi connectivity index (χ4n) is 3.31. The van der Waals surface area contributed by atoms with Gasteiger partial charge in [0.1, 0.15) is 6.17 Å². The summed E-state index contributed by atoms with van der Waals surface area (Å²) in [5.74, 6) is 0. The van der Waals surface area contributed by atoms with Crippen LogP contribution in [0.1, 0.15) is 24.8 Å². The van der Waals surface area contributed by atoms with E-state index >= 15 is 0 Å². The summed E-state index contributed by atoms with van der Waals surface area (Å²) in [7, 11) is 1.33. The molecule has 1 fully saturated rings. The van der Waals surface area contributed by atoms with E-state index in [1.165, 1.54) is 12.7 Å². The summed E-state index contributed by atoms with van der Waals surface area (Å²) in [6.07, 6.45) is 6.33. The predicted octanol–water partition coefficient (Wildman–Crippen LogP) is 4.23. The molecule has 0 saturated carbocycles. The lowest BCUT2D eigenvalue weighted by molar-refractivity contribution is 0.187. The van der Waals surface area contributed by atoms with Crippen LogP contribution < -0.4 is 10.6 Å². The average molecular weight is 342 g/mol. The Morgan fingerprint density at radius 2 is 1.96 bits per heavy atom. The Kier molecular flexibility index (Phi) is 5.66. The summed E-state index contributed by atoms with van der Waals surface area (Å²) >= 11 is 0. The lowest BCUT2D eigenvalue weighted by Crippen LogP contribution is -2.24. The van der Waals surface area contributed by atoms with Gasteiger partial charge in [-0.05, 0) is 54.8 Å². The first-order valence-corrected chi connectivity index (χ1v) is 8.57. The average Bonchev–Trinajstić information content (AvgIpc) is 2.64. The summed E-state index contributed by atoms with van der Waals surface area (Å²) in [6, 6.07) is 7.64. The third-order valence-electron chi connectivity index (χ3n) is 4.52. The van der Waals surface area contributed by atoms with E-state index in [4.69, 9.17) is 0 Å². The fraction of sp³-hybridized carbons (Fsp3) is 0.350. The molecule has 0 radical (unpaired) electrons. The van der Waals surface area contributed by atoms with Crippen LogP contribution in [0.5, 0.6) is 0 Å². The van der Waals surface area contributed by atoms with Crippen molar-refractivity contribution in [3.8, 4) is 0 Å². The summed E-state index contributed by atoms with van der Waals surface area (Å²) in [5, 5.41) is 6.02. The highest BCUT2D eigenvalue weighted by atomic mass is 19.1. The van der Waals surface area contributed by atoms with E-state index in [2.05, 4.69) is 15.4 Å². The van der Waals surface area contributed by atoms with Crippen LogP contribution in [0, 0.1) is 0 Å². The van der Waals surface area contributed by atoms with Crippen molar-refractivity contribution in [2.45, 2.75) is 25.4 Å². The number of benzene rings is 1. The quantitative estimate of drug-likeness (QED) is 0.864. The van der Waals surface area contributed by atoms with Gasteiger partial charge in [-0.25, -0.2) is 9.18 Å². The van der Waals surface area contributed by atoms with E-state index in [9.17, 15) is 9.18 Å². The van der Waals surface area contributed by atoms with Crippen LogP contribution in [-0.2, 0) is 4.74 Å². The molecule has 2 N–H and O–H groups in total. The molecule has 1 atom stereocenters. The summed E-state index contributed by atoms with van der Waals surface area (Å²) in [6.45, 7) is 1.89. The number of methoxy groups -OCH3 is 1. The molecule has 132 valence electrons. The standard InChI is InChI=1S/C20H23FN2O2/c1-25-20(24)23-18-7-5-14(6-8-18)19(15-9-11-22-12-10-15)16-3-2-4-17(21)13-16/h2-8,17,22H,9-13H2,1H3,(H,23,24). The molecule has 3 rings (SSSR count). The van der Waals surface area contributed by atoms with Crippen molar-refractivity contribution < 1.29 is 13.9 Å². The first kappa shape index (κ1) is 17.4. The zero-order chi connectivity index (χ0) is 17.6. The fourth-order valence-corrected chi connectivity index (χ4v) is 3.31. The molecule has 25 heavy (non-hydrogen) atoms. The minimum atomic E-state index is -0.933. The third-order valence-corrected chi connectivity index (χ3v) is 4.52. The molecule has 0 spiro atoms. The number of allylic oxidation sites excluding steroid dienone is 5. The lowest BCUT2D eigenvalue weighted by atomic mass is 9.85. The lowest BCUT2D eigenvalue weighted by Gasteiger charge is -2.24. The van der Waals surface area contributed by atoms with Crippen molar-refractivity contribution in [2.75, 3.05) is 25.5 Å². The molecule has 1 heterocycles. The second-order valence-electron chi connectivity index (χ2n) is 6.22. The Morgan fingerprint density at radius 3 is 2.60 bits per heavy atom. The number of hydrogen-bond donors (Lipinski definition) is 2. The number of rotatable bonds is 3. The minimum absolute atomic E-state index is 0.408. The number of ether oxygens (including phenoxy) is 1. The molecule has 1 unspecified atom stereocenters. The van der Waals surface area contributed by atoms with Crippen LogP contribution in [0.25, 0.3) is 5.57 Å². The Hall–Kier alpha value is -2.40. The number of hydrogen-bond acceptors (Lipinski definition) is 3. The molecule has 0 bridgehead atoms. The highest BCUT2D eigenvalue weighted by Crippen LogP contribution is 2.35. The molecule has 1 aromatic rings. The van der Waals surface area contributed by atoms with Crippen molar-refractivity contribution in [1.82, 2.24) is 5.32 Å². The van der Waals surface area contributed by atoms with Gasteiger partial charge in [-0.2, -0.15) is 0 Å². The maximum Gasteiger partial charge on any atom is 0.411 e. The molecule has 1 aromatic carbocycles. The second kappa shape index (κ2) is 8.12. The van der Waals surface area contributed by atoms with Gasteiger partial charge in [0.05, 0.1) is 7.11 Å². The normalized spacial score (nSPS) is 20.0. The van der Waals surface area contributed by atoms with Gasteiger partial charge in [0, 0.05) is 12.1 Å². The summed E-state index contributed by atoms with van der Waals surface area (Å²) in [4.78, 5) is 11.3. The van der Waals surface area contributed by atoms with E-state index in [1.807, 2.05) is 30.3 Å². The predicted molar refractivity (Wildman–Crippen MR) is 98.2 cm³/mol. The monoisotopic (exact) mass is 342 g/mol. The van der Waals surface area contributed by atoms with E-state index < -0.39 is 12.3 Å². The van der Waals surface area contributed by atoms with E-state index in [0.29, 0.717) is 12.1 Å². The topological polar surface area (TPSA) is 50.4 Å². The number of piperidine rings is 1. The molecule has 1 saturated heterocycles. The smallest absolute Gasteiger partial charge is 0.411 e. The number of halogens is 1. The number of nitrogens with one attached hydrogen (secondary N) is 2. The Labute approximate surface area is 147 Å². The van der Waals surface area contributed by atoms with E-state index in [-0.39, 0.29) is 0 Å². The Morgan fingerprint density at radius 1 is 1.24 bits per heavy atom. The van der Waals surface area contributed by atoms with E-state index in [0.717, 1.165) is 42.6 Å². The second-order valence-corrected chi connectivity index (χ2v) is 6.22. The SMILES string of the molecule is COC(=O)Nc1ccc(C(C2=CC=CC(F)C2)=C2CCNCC2)cc1. The van der Waals surface area contributed by atoms with Crippen molar-refractivity contribution in [2.24, 2.45) is 0 Å².